The molecule has 2 N–H and O–H groups in total. The summed E-state index contributed by atoms with van der Waals surface area (Å²) in [5.74, 6) is 5.16. The second-order valence-corrected chi connectivity index (χ2v) is 4.79. The highest BCUT2D eigenvalue weighted by molar-refractivity contribution is 6.30. The SMILES string of the molecule is O=C(NCc1ccc(Cl)cc1)c1cccc(C#CCO)c1. The molecule has 0 fully saturated rings. The third kappa shape index (κ3) is 4.64. The maximum atomic E-state index is 12.1. The van der Waals surface area contributed by atoms with Gasteiger partial charge in [0.25, 0.3) is 5.91 Å². The fourth-order valence-electron chi connectivity index (χ4n) is 1.77. The highest BCUT2D eigenvalue weighted by Crippen LogP contribution is 2.10. The fourth-order valence-corrected chi connectivity index (χ4v) is 1.89. The lowest BCUT2D eigenvalue weighted by molar-refractivity contribution is 0.0951. The Labute approximate surface area is 128 Å². The lowest BCUT2D eigenvalue weighted by Gasteiger charge is -2.06. The number of nitrogens with one attached hydrogen (secondary N) is 1. The van der Waals surface area contributed by atoms with Crippen LogP contribution in [0.1, 0.15) is 21.5 Å². The van der Waals surface area contributed by atoms with E-state index >= 15 is 0 Å². The second kappa shape index (κ2) is 7.49. The summed E-state index contributed by atoms with van der Waals surface area (Å²) >= 11 is 5.81. The number of hydrogen-bond donors (Lipinski definition) is 2. The Bertz CT molecular complexity index is 684. The van der Waals surface area contributed by atoms with E-state index in [2.05, 4.69) is 17.2 Å². The van der Waals surface area contributed by atoms with Crippen LogP contribution < -0.4 is 5.32 Å². The molecule has 4 heteroatoms. The number of carbonyl (C=O) groups excluding carboxylic acids is 1. The van der Waals surface area contributed by atoms with E-state index in [-0.39, 0.29) is 12.5 Å². The molecule has 0 saturated heterocycles. The summed E-state index contributed by atoms with van der Waals surface area (Å²) in [7, 11) is 0. The first-order valence-electron chi connectivity index (χ1n) is 6.41. The molecule has 0 aliphatic carbocycles. The van der Waals surface area contributed by atoms with Gasteiger partial charge in [0.1, 0.15) is 6.61 Å². The van der Waals surface area contributed by atoms with Gasteiger partial charge in [-0.25, -0.2) is 0 Å². The van der Waals surface area contributed by atoms with Crippen LogP contribution in [-0.4, -0.2) is 17.6 Å². The molecular weight excluding hydrogens is 286 g/mol. The third-order valence-electron chi connectivity index (χ3n) is 2.80. The number of aliphatic hydroxyl groups excluding tert-OH is 1. The van der Waals surface area contributed by atoms with Gasteiger partial charge in [-0.1, -0.05) is 41.6 Å². The highest BCUT2D eigenvalue weighted by Gasteiger charge is 2.05. The summed E-state index contributed by atoms with van der Waals surface area (Å²) in [5.41, 5.74) is 2.21. The minimum absolute atomic E-state index is 0.169. The molecule has 0 aliphatic rings. The lowest BCUT2D eigenvalue weighted by atomic mass is 10.1. The van der Waals surface area contributed by atoms with Gasteiger partial charge in [-0.2, -0.15) is 0 Å². The predicted octanol–water partition coefficient (Wildman–Crippen LogP) is 2.61. The number of rotatable bonds is 3. The van der Waals surface area contributed by atoms with E-state index in [4.69, 9.17) is 16.7 Å². The molecule has 3 nitrogen and oxygen atoms in total. The van der Waals surface area contributed by atoms with Crippen LogP contribution in [0.25, 0.3) is 0 Å². The zero-order valence-corrected chi connectivity index (χ0v) is 12.0. The Morgan fingerprint density at radius 2 is 1.95 bits per heavy atom. The molecule has 2 rings (SSSR count). The van der Waals surface area contributed by atoms with Crippen molar-refractivity contribution in [2.24, 2.45) is 0 Å². The molecule has 0 radical (unpaired) electrons. The normalized spacial score (nSPS) is 9.62. The summed E-state index contributed by atoms with van der Waals surface area (Å²) in [6.45, 7) is 0.232. The topological polar surface area (TPSA) is 49.3 Å². The molecule has 0 heterocycles. The van der Waals surface area contributed by atoms with Gasteiger partial charge >= 0.3 is 0 Å². The largest absolute Gasteiger partial charge is 0.384 e. The first kappa shape index (κ1) is 15.1. The minimum atomic E-state index is -0.201. The van der Waals surface area contributed by atoms with E-state index in [1.54, 1.807) is 36.4 Å². The molecule has 106 valence electrons. The Balaban J connectivity index is 2.01. The maximum Gasteiger partial charge on any atom is 0.251 e. The van der Waals surface area contributed by atoms with E-state index in [1.165, 1.54) is 0 Å². The molecule has 21 heavy (non-hydrogen) atoms. The Morgan fingerprint density at radius 3 is 2.67 bits per heavy atom. The van der Waals surface area contributed by atoms with Crippen molar-refractivity contribution in [2.45, 2.75) is 6.54 Å². The molecule has 0 aromatic heterocycles. The van der Waals surface area contributed by atoms with Crippen LogP contribution in [0, 0.1) is 11.8 Å². The number of halogens is 1. The zero-order chi connectivity index (χ0) is 15.1. The number of aliphatic hydroxyl groups is 1. The van der Waals surface area contributed by atoms with Gasteiger partial charge in [0.2, 0.25) is 0 Å². The number of carbonyl (C=O) groups is 1. The van der Waals surface area contributed by atoms with Gasteiger partial charge in [0.15, 0.2) is 0 Å². The second-order valence-electron chi connectivity index (χ2n) is 4.35. The Morgan fingerprint density at radius 1 is 1.19 bits per heavy atom. The van der Waals surface area contributed by atoms with Crippen LogP contribution in [-0.2, 0) is 6.54 Å². The van der Waals surface area contributed by atoms with E-state index in [0.29, 0.717) is 22.7 Å². The van der Waals surface area contributed by atoms with Crippen molar-refractivity contribution in [1.82, 2.24) is 5.32 Å². The molecule has 0 atom stereocenters. The van der Waals surface area contributed by atoms with Gasteiger partial charge < -0.3 is 10.4 Å². The van der Waals surface area contributed by atoms with Gasteiger partial charge in [-0.05, 0) is 35.9 Å². The molecule has 0 bridgehead atoms. The third-order valence-corrected chi connectivity index (χ3v) is 3.05. The van der Waals surface area contributed by atoms with Crippen LogP contribution in [0.3, 0.4) is 0 Å². The molecule has 2 aromatic carbocycles. The standard InChI is InChI=1S/C17H14ClNO2/c18-16-8-6-14(7-9-16)12-19-17(21)15-5-1-3-13(11-15)4-2-10-20/h1,3,5-9,11,20H,10,12H2,(H,19,21). The van der Waals surface area contributed by atoms with Crippen molar-refractivity contribution in [2.75, 3.05) is 6.61 Å². The van der Waals surface area contributed by atoms with Crippen LogP contribution in [0.2, 0.25) is 5.02 Å². The van der Waals surface area contributed by atoms with Crippen molar-refractivity contribution in [3.63, 3.8) is 0 Å². The van der Waals surface area contributed by atoms with E-state index < -0.39 is 0 Å². The predicted molar refractivity (Wildman–Crippen MR) is 83.0 cm³/mol. The zero-order valence-electron chi connectivity index (χ0n) is 11.3. The Kier molecular flexibility index (Phi) is 5.39. The average molecular weight is 300 g/mol. The van der Waals surface area contributed by atoms with Crippen molar-refractivity contribution < 1.29 is 9.90 Å². The summed E-state index contributed by atoms with van der Waals surface area (Å²) in [4.78, 5) is 12.1. The van der Waals surface area contributed by atoms with Gasteiger partial charge in [0.05, 0.1) is 0 Å². The van der Waals surface area contributed by atoms with Crippen LogP contribution in [0.4, 0.5) is 0 Å². The Hall–Kier alpha value is -2.28. The fraction of sp³-hybridized carbons (Fsp3) is 0.118. The summed E-state index contributed by atoms with van der Waals surface area (Å²) in [6, 6.07) is 14.3. The van der Waals surface area contributed by atoms with E-state index in [1.807, 2.05) is 12.1 Å². The molecule has 2 aromatic rings. The highest BCUT2D eigenvalue weighted by atomic mass is 35.5. The minimum Gasteiger partial charge on any atom is -0.384 e. The molecular formula is C17H14ClNO2. The summed E-state index contributed by atoms with van der Waals surface area (Å²) in [5, 5.41) is 12.2. The van der Waals surface area contributed by atoms with Crippen molar-refractivity contribution in [3.8, 4) is 11.8 Å². The summed E-state index contributed by atoms with van der Waals surface area (Å²) < 4.78 is 0. The van der Waals surface area contributed by atoms with Gasteiger partial charge in [-0.3, -0.25) is 4.79 Å². The molecule has 0 saturated carbocycles. The lowest BCUT2D eigenvalue weighted by Crippen LogP contribution is -2.22. The smallest absolute Gasteiger partial charge is 0.251 e. The van der Waals surface area contributed by atoms with Crippen molar-refractivity contribution in [3.05, 3.63) is 70.2 Å². The van der Waals surface area contributed by atoms with Crippen LogP contribution in [0.15, 0.2) is 48.5 Å². The molecule has 0 aliphatic heterocycles. The van der Waals surface area contributed by atoms with E-state index in [9.17, 15) is 4.79 Å². The first-order chi connectivity index (χ1) is 10.2. The molecule has 0 unspecified atom stereocenters. The average Bonchev–Trinajstić information content (AvgIpc) is 2.52. The number of hydrogen-bond acceptors (Lipinski definition) is 2. The number of benzene rings is 2. The van der Waals surface area contributed by atoms with E-state index in [0.717, 1.165) is 5.56 Å². The van der Waals surface area contributed by atoms with Crippen LogP contribution in [0.5, 0.6) is 0 Å². The molecule has 1 amide bonds. The molecule has 0 spiro atoms. The van der Waals surface area contributed by atoms with Crippen molar-refractivity contribution in [1.29, 1.82) is 0 Å². The van der Waals surface area contributed by atoms with Crippen molar-refractivity contribution >= 4 is 17.5 Å². The quantitative estimate of drug-likeness (QED) is 0.856. The monoisotopic (exact) mass is 299 g/mol. The number of amides is 1. The van der Waals surface area contributed by atoms with Gasteiger partial charge in [-0.15, -0.1) is 0 Å². The first-order valence-corrected chi connectivity index (χ1v) is 6.79. The maximum absolute atomic E-state index is 12.1. The van der Waals surface area contributed by atoms with Gasteiger partial charge in [0, 0.05) is 22.7 Å². The van der Waals surface area contributed by atoms with Crippen LogP contribution >= 0.6 is 11.6 Å². The summed E-state index contributed by atoms with van der Waals surface area (Å²) in [6.07, 6.45) is 0.